The standard InChI is InChI=1S/C43H64N2O3/c1-7-11-15-19-27-44(28-20-16-12-8-2)35-23-25-37(33(5)31-35)39-41(46)40(43(48)42(39)47)38-26-24-36(32-34(38)6)45(29-21-17-13-9-3)30-22-18-14-10-4/h23-26,31-32H,7-22,27-30H2,1-6H3/p+1. The van der Waals surface area contributed by atoms with Crippen molar-refractivity contribution in [1.82, 2.24) is 0 Å². The maximum atomic E-state index is 13.5. The molecule has 0 unspecified atom stereocenters. The number of hydrogen-bond acceptors (Lipinski definition) is 4. The van der Waals surface area contributed by atoms with E-state index in [4.69, 9.17) is 0 Å². The molecule has 2 aliphatic rings. The topological polar surface area (TPSA) is 60.6 Å². The van der Waals surface area contributed by atoms with Crippen molar-refractivity contribution < 1.29 is 19.3 Å². The summed E-state index contributed by atoms with van der Waals surface area (Å²) in [5.41, 5.74) is 5.63. The van der Waals surface area contributed by atoms with Gasteiger partial charge in [-0.2, -0.15) is 0 Å². The summed E-state index contributed by atoms with van der Waals surface area (Å²) in [6, 6.07) is 6.12. The molecule has 0 saturated heterocycles. The molecule has 0 saturated carbocycles. The maximum absolute atomic E-state index is 13.5. The van der Waals surface area contributed by atoms with Crippen LogP contribution < -0.4 is 4.90 Å². The van der Waals surface area contributed by atoms with Gasteiger partial charge in [0, 0.05) is 43.8 Å². The largest absolute Gasteiger partial charge is 0.506 e. The molecule has 0 bridgehead atoms. The zero-order valence-electron chi connectivity index (χ0n) is 31.3. The molecular formula is C43H65N2O3+. The fourth-order valence-electron chi connectivity index (χ4n) is 6.97. The van der Waals surface area contributed by atoms with Gasteiger partial charge in [-0.3, -0.25) is 9.59 Å². The van der Waals surface area contributed by atoms with Gasteiger partial charge in [0.2, 0.25) is 11.6 Å². The van der Waals surface area contributed by atoms with Crippen molar-refractivity contribution in [3.8, 4) is 0 Å². The summed E-state index contributed by atoms with van der Waals surface area (Å²) in [5, 5.41) is 11.5. The Morgan fingerprint density at radius 2 is 1.17 bits per heavy atom. The highest BCUT2D eigenvalue weighted by atomic mass is 16.3. The van der Waals surface area contributed by atoms with Crippen molar-refractivity contribution in [3.63, 3.8) is 0 Å². The maximum Gasteiger partial charge on any atom is 0.238 e. The predicted octanol–water partition coefficient (Wildman–Crippen LogP) is 10.8. The first-order valence-corrected chi connectivity index (χ1v) is 19.4. The van der Waals surface area contributed by atoms with Crippen LogP contribution in [0.5, 0.6) is 0 Å². The van der Waals surface area contributed by atoms with Crippen LogP contribution in [0.3, 0.4) is 0 Å². The van der Waals surface area contributed by atoms with Gasteiger partial charge in [0.05, 0.1) is 11.1 Å². The summed E-state index contributed by atoms with van der Waals surface area (Å²) in [6.45, 7) is 17.0. The quantitative estimate of drug-likeness (QED) is 0.0583. The Hall–Kier alpha value is -3.21. The number of ketones is 2. The molecule has 0 heterocycles. The van der Waals surface area contributed by atoms with Crippen molar-refractivity contribution in [2.24, 2.45) is 0 Å². The average molecular weight is 658 g/mol. The Balaban J connectivity index is 1.92. The monoisotopic (exact) mass is 657 g/mol. The molecule has 0 spiro atoms. The summed E-state index contributed by atoms with van der Waals surface area (Å²) in [6.07, 6.45) is 25.5. The number of rotatable bonds is 22. The molecule has 0 aromatic heterocycles. The minimum absolute atomic E-state index is 0.133. The number of carbonyl (C=O) groups excluding carboxylic acids is 2. The van der Waals surface area contributed by atoms with Crippen molar-refractivity contribution >= 4 is 28.5 Å². The summed E-state index contributed by atoms with van der Waals surface area (Å²) in [5.74, 6) is -1.43. The number of anilines is 1. The first-order valence-electron chi connectivity index (χ1n) is 19.4. The number of aliphatic hydroxyl groups is 1. The molecule has 0 fully saturated rings. The van der Waals surface area contributed by atoms with Crippen LogP contribution in [-0.2, 0) is 9.59 Å². The first kappa shape index (κ1) is 39.2. The normalized spacial score (nSPS) is 16.4. The molecule has 0 atom stereocenters. The van der Waals surface area contributed by atoms with Crippen molar-refractivity contribution in [1.29, 1.82) is 0 Å². The molecule has 0 amide bonds. The van der Waals surface area contributed by atoms with Gasteiger partial charge in [-0.05, 0) is 80.0 Å². The molecule has 3 rings (SSSR count). The molecule has 0 radical (unpaired) electrons. The zero-order valence-corrected chi connectivity index (χ0v) is 31.3. The first-order chi connectivity index (χ1) is 23.3. The molecule has 5 nitrogen and oxygen atoms in total. The van der Waals surface area contributed by atoms with E-state index >= 15 is 0 Å². The van der Waals surface area contributed by atoms with Gasteiger partial charge >= 0.3 is 0 Å². The molecule has 264 valence electrons. The fourth-order valence-corrected chi connectivity index (χ4v) is 6.97. The van der Waals surface area contributed by atoms with Crippen LogP contribution in [-0.4, -0.2) is 53.1 Å². The SMILES string of the molecule is CCCCCCN(CCCCCC)c1ccc(C2=C(O)/C(=C3\C=CC(=[N+](CCCCCC)CCCCCC)C=C3C)C(=O)C2=O)c(C)c1. The molecule has 5 heteroatoms. The smallest absolute Gasteiger partial charge is 0.238 e. The third-order valence-electron chi connectivity index (χ3n) is 9.95. The highest BCUT2D eigenvalue weighted by Gasteiger charge is 2.40. The van der Waals surface area contributed by atoms with Gasteiger partial charge in [0.25, 0.3) is 0 Å². The number of benzene rings is 1. The van der Waals surface area contributed by atoms with E-state index in [9.17, 15) is 14.7 Å². The van der Waals surface area contributed by atoms with Crippen molar-refractivity contribution in [2.75, 3.05) is 31.1 Å². The third-order valence-corrected chi connectivity index (χ3v) is 9.95. The van der Waals surface area contributed by atoms with E-state index < -0.39 is 11.6 Å². The van der Waals surface area contributed by atoms with Crippen molar-refractivity contribution in [3.05, 3.63) is 70.0 Å². The van der Waals surface area contributed by atoms with Crippen LogP contribution in [0, 0.1) is 6.92 Å². The summed E-state index contributed by atoms with van der Waals surface area (Å²) >= 11 is 0. The predicted molar refractivity (Wildman–Crippen MR) is 204 cm³/mol. The van der Waals surface area contributed by atoms with Gasteiger partial charge in [-0.15, -0.1) is 0 Å². The van der Waals surface area contributed by atoms with E-state index in [0.29, 0.717) is 11.1 Å². The van der Waals surface area contributed by atoms with E-state index in [1.54, 1.807) is 0 Å². The van der Waals surface area contributed by atoms with Crippen LogP contribution >= 0.6 is 0 Å². The summed E-state index contributed by atoms with van der Waals surface area (Å²) in [4.78, 5) is 29.5. The number of aryl methyl sites for hydroxylation is 1. The lowest BCUT2D eigenvalue weighted by Crippen LogP contribution is -2.26. The molecule has 0 aliphatic heterocycles. The number of aliphatic hydroxyl groups excluding tert-OH is 1. The number of hydrogen-bond donors (Lipinski definition) is 1. The van der Waals surface area contributed by atoms with E-state index in [1.165, 1.54) is 77.0 Å². The second-order valence-corrected chi connectivity index (χ2v) is 14.0. The van der Waals surface area contributed by atoms with Gasteiger partial charge in [-0.1, -0.05) is 98.0 Å². The van der Waals surface area contributed by atoms with Crippen LogP contribution in [0.15, 0.2) is 58.9 Å². The summed E-state index contributed by atoms with van der Waals surface area (Å²) in [7, 11) is 0. The molecule has 48 heavy (non-hydrogen) atoms. The van der Waals surface area contributed by atoms with Crippen LogP contribution in [0.1, 0.15) is 148 Å². The van der Waals surface area contributed by atoms with Gasteiger partial charge < -0.3 is 10.0 Å². The Morgan fingerprint density at radius 3 is 1.67 bits per heavy atom. The number of nitrogens with zero attached hydrogens (tertiary/aromatic N) is 2. The van der Waals surface area contributed by atoms with Gasteiger partial charge in [0.15, 0.2) is 5.71 Å². The Labute approximate surface area is 292 Å². The number of carbonyl (C=O) groups is 2. The van der Waals surface area contributed by atoms with Gasteiger partial charge in [0.1, 0.15) is 18.8 Å². The van der Waals surface area contributed by atoms with E-state index in [2.05, 4.69) is 61.5 Å². The van der Waals surface area contributed by atoms with Crippen LogP contribution in [0.25, 0.3) is 5.57 Å². The second kappa shape index (κ2) is 21.0. The Bertz CT molecular complexity index is 1360. The lowest BCUT2D eigenvalue weighted by atomic mass is 9.93. The van der Waals surface area contributed by atoms with Crippen LogP contribution in [0.4, 0.5) is 5.69 Å². The minimum Gasteiger partial charge on any atom is -0.506 e. The third kappa shape index (κ3) is 10.9. The molecule has 2 aliphatic carbocycles. The number of unbranched alkanes of at least 4 members (excludes halogenated alkanes) is 12. The van der Waals surface area contributed by atoms with E-state index in [1.807, 2.05) is 26.0 Å². The van der Waals surface area contributed by atoms with E-state index in [0.717, 1.165) is 74.4 Å². The number of Topliss-reactive ketones (excluding diaryl/α,β-unsaturated/α-hetero) is 2. The lowest BCUT2D eigenvalue weighted by Gasteiger charge is -2.26. The summed E-state index contributed by atoms with van der Waals surface area (Å²) < 4.78 is 2.47. The van der Waals surface area contributed by atoms with Crippen molar-refractivity contribution in [2.45, 2.75) is 144 Å². The lowest BCUT2D eigenvalue weighted by molar-refractivity contribution is -0.527. The number of allylic oxidation sites excluding steroid dienone is 7. The average Bonchev–Trinajstić information content (AvgIpc) is 3.29. The highest BCUT2D eigenvalue weighted by Crippen LogP contribution is 2.38. The molecule has 1 aromatic rings. The highest BCUT2D eigenvalue weighted by molar-refractivity contribution is 6.63. The molecular weight excluding hydrogens is 592 g/mol. The molecule has 1 aromatic carbocycles. The fraction of sp³-hybridized carbons (Fsp3) is 0.605. The minimum atomic E-state index is -0.619. The Kier molecular flexibility index (Phi) is 17.2. The Morgan fingerprint density at radius 1 is 0.646 bits per heavy atom. The zero-order chi connectivity index (χ0) is 34.9. The van der Waals surface area contributed by atoms with Gasteiger partial charge in [-0.25, -0.2) is 4.58 Å². The van der Waals surface area contributed by atoms with E-state index in [-0.39, 0.29) is 16.9 Å². The van der Waals surface area contributed by atoms with Crippen LogP contribution in [0.2, 0.25) is 0 Å². The molecule has 1 N–H and O–H groups in total. The second-order valence-electron chi connectivity index (χ2n) is 14.0.